The van der Waals surface area contributed by atoms with Crippen LogP contribution in [0, 0.1) is 22.7 Å². The summed E-state index contributed by atoms with van der Waals surface area (Å²) in [6, 6.07) is 0. The first-order valence-corrected chi connectivity index (χ1v) is 7.72. The minimum absolute atomic E-state index is 0.133. The fraction of sp³-hybridized carbons (Fsp3) is 0.938. The van der Waals surface area contributed by atoms with E-state index in [4.69, 9.17) is 0 Å². The molecule has 0 aromatic rings. The molecule has 0 radical (unpaired) electrons. The van der Waals surface area contributed by atoms with Crippen LogP contribution in [0.3, 0.4) is 0 Å². The Morgan fingerprint density at radius 2 is 1.79 bits per heavy atom. The van der Waals surface area contributed by atoms with Gasteiger partial charge in [0, 0.05) is 13.0 Å². The van der Waals surface area contributed by atoms with Crippen molar-refractivity contribution in [1.82, 2.24) is 5.32 Å². The van der Waals surface area contributed by atoms with E-state index in [0.29, 0.717) is 11.8 Å². The molecule has 0 heterocycles. The maximum atomic E-state index is 12.6. The first-order chi connectivity index (χ1) is 8.65. The smallest absolute Gasteiger partial charge is 0.227 e. The third-order valence-electron chi connectivity index (χ3n) is 5.13. The molecule has 2 unspecified atom stereocenters. The first-order valence-electron chi connectivity index (χ1n) is 7.72. The summed E-state index contributed by atoms with van der Waals surface area (Å²) in [6.07, 6.45) is 2.09. The van der Waals surface area contributed by atoms with E-state index in [1.54, 1.807) is 0 Å². The van der Waals surface area contributed by atoms with Gasteiger partial charge in [-0.25, -0.2) is 0 Å². The van der Waals surface area contributed by atoms with Crippen LogP contribution >= 0.6 is 0 Å². The Morgan fingerprint density at radius 3 is 2.16 bits per heavy atom. The summed E-state index contributed by atoms with van der Waals surface area (Å²) in [5.41, 5.74) is 0.0275. The van der Waals surface area contributed by atoms with E-state index < -0.39 is 0 Å². The van der Waals surface area contributed by atoms with Crippen molar-refractivity contribution < 1.29 is 9.69 Å². The summed E-state index contributed by atoms with van der Waals surface area (Å²) >= 11 is 0. The highest BCUT2D eigenvalue weighted by Crippen LogP contribution is 2.68. The fourth-order valence-corrected chi connectivity index (χ4v) is 3.40. The van der Waals surface area contributed by atoms with Gasteiger partial charge in [0.15, 0.2) is 0 Å². The van der Waals surface area contributed by atoms with E-state index in [1.807, 2.05) is 0 Å². The van der Waals surface area contributed by atoms with Crippen molar-refractivity contribution >= 4 is 5.91 Å². The van der Waals surface area contributed by atoms with Crippen molar-refractivity contribution in [1.29, 1.82) is 0 Å². The summed E-state index contributed by atoms with van der Waals surface area (Å²) in [4.78, 5) is 14.1. The Balaban J connectivity index is 2.57. The van der Waals surface area contributed by atoms with Crippen LogP contribution in [0.2, 0.25) is 0 Å². The second-order valence-corrected chi connectivity index (χ2v) is 7.63. The molecule has 1 rings (SSSR count). The second kappa shape index (κ2) is 5.82. The lowest BCUT2D eigenvalue weighted by Crippen LogP contribution is -3.05. The highest BCUT2D eigenvalue weighted by molar-refractivity contribution is 5.87. The van der Waals surface area contributed by atoms with E-state index in [2.05, 4.69) is 54.0 Å². The zero-order valence-electron chi connectivity index (χ0n) is 13.9. The van der Waals surface area contributed by atoms with Gasteiger partial charge in [-0.05, 0) is 23.7 Å². The molecule has 1 fully saturated rings. The molecule has 0 aliphatic heterocycles. The van der Waals surface area contributed by atoms with Crippen LogP contribution < -0.4 is 10.2 Å². The Morgan fingerprint density at radius 1 is 1.26 bits per heavy atom. The van der Waals surface area contributed by atoms with Gasteiger partial charge in [0.25, 0.3) is 0 Å². The van der Waals surface area contributed by atoms with Crippen LogP contribution in [-0.2, 0) is 4.79 Å². The molecule has 2 N–H and O–H groups in total. The largest absolute Gasteiger partial charge is 0.355 e. The molecule has 2 atom stereocenters. The van der Waals surface area contributed by atoms with Crippen molar-refractivity contribution in [3.63, 3.8) is 0 Å². The van der Waals surface area contributed by atoms with Gasteiger partial charge in [-0.1, -0.05) is 34.6 Å². The van der Waals surface area contributed by atoms with E-state index in [0.717, 1.165) is 25.9 Å². The predicted molar refractivity (Wildman–Crippen MR) is 80.1 cm³/mol. The van der Waals surface area contributed by atoms with Crippen molar-refractivity contribution in [3.05, 3.63) is 0 Å². The van der Waals surface area contributed by atoms with Crippen LogP contribution in [0.4, 0.5) is 0 Å². The Bertz CT molecular complexity index is 323. The van der Waals surface area contributed by atoms with Crippen molar-refractivity contribution in [3.8, 4) is 0 Å². The number of hydrogen-bond donors (Lipinski definition) is 2. The van der Waals surface area contributed by atoms with E-state index in [1.165, 1.54) is 4.90 Å². The number of carbonyl (C=O) groups excluding carboxylic acids is 1. The molecule has 1 aliphatic carbocycles. The summed E-state index contributed by atoms with van der Waals surface area (Å²) < 4.78 is 0. The monoisotopic (exact) mass is 269 g/mol. The molecular formula is C16H33N2O+. The number of quaternary nitrogens is 1. The fourth-order valence-electron chi connectivity index (χ4n) is 3.40. The number of rotatable bonds is 7. The molecule has 1 amide bonds. The Hall–Kier alpha value is -0.570. The highest BCUT2D eigenvalue weighted by Gasteiger charge is 2.68. The lowest BCUT2D eigenvalue weighted by Gasteiger charge is -2.29. The summed E-state index contributed by atoms with van der Waals surface area (Å²) in [5, 5.41) is 3.18. The van der Waals surface area contributed by atoms with Crippen LogP contribution in [0.5, 0.6) is 0 Å². The minimum Gasteiger partial charge on any atom is -0.355 e. The molecule has 0 aromatic heterocycles. The zero-order valence-corrected chi connectivity index (χ0v) is 13.9. The molecule has 1 saturated carbocycles. The predicted octanol–water partition coefficient (Wildman–Crippen LogP) is 1.35. The summed E-state index contributed by atoms with van der Waals surface area (Å²) in [7, 11) is 4.29. The first kappa shape index (κ1) is 16.5. The number of hydrogen-bond acceptors (Lipinski definition) is 1. The average Bonchev–Trinajstić information content (AvgIpc) is 2.87. The Labute approximate surface area is 119 Å². The second-order valence-electron chi connectivity index (χ2n) is 7.63. The van der Waals surface area contributed by atoms with Gasteiger partial charge in [0.2, 0.25) is 5.91 Å². The van der Waals surface area contributed by atoms with Crippen molar-refractivity contribution in [2.45, 2.75) is 47.5 Å². The topological polar surface area (TPSA) is 33.5 Å². The molecule has 3 heteroatoms. The molecule has 19 heavy (non-hydrogen) atoms. The Kier molecular flexibility index (Phi) is 5.05. The van der Waals surface area contributed by atoms with Crippen molar-refractivity contribution in [2.75, 3.05) is 27.2 Å². The molecular weight excluding hydrogens is 236 g/mol. The highest BCUT2D eigenvalue weighted by atomic mass is 16.2. The third kappa shape index (κ3) is 3.31. The molecule has 0 aromatic carbocycles. The van der Waals surface area contributed by atoms with Gasteiger partial charge >= 0.3 is 0 Å². The summed E-state index contributed by atoms with van der Waals surface area (Å²) in [6.45, 7) is 13.1. The minimum atomic E-state index is -0.133. The van der Waals surface area contributed by atoms with Crippen LogP contribution in [0.15, 0.2) is 0 Å². The molecule has 0 spiro atoms. The molecule has 0 bridgehead atoms. The van der Waals surface area contributed by atoms with Crippen LogP contribution in [-0.4, -0.2) is 33.1 Å². The van der Waals surface area contributed by atoms with Crippen LogP contribution in [0.1, 0.15) is 47.5 Å². The lowest BCUT2D eigenvalue weighted by molar-refractivity contribution is -0.858. The van der Waals surface area contributed by atoms with Gasteiger partial charge in [-0.2, -0.15) is 0 Å². The maximum absolute atomic E-state index is 12.6. The number of carbonyl (C=O) groups is 1. The average molecular weight is 269 g/mol. The molecule has 3 nitrogen and oxygen atoms in total. The zero-order chi connectivity index (χ0) is 14.8. The molecule has 1 aliphatic rings. The van der Waals surface area contributed by atoms with E-state index in [9.17, 15) is 4.79 Å². The van der Waals surface area contributed by atoms with Gasteiger partial charge in [0.05, 0.1) is 26.1 Å². The lowest BCUT2D eigenvalue weighted by atomic mass is 9.76. The number of amides is 1. The van der Waals surface area contributed by atoms with Gasteiger partial charge in [-0.3, -0.25) is 4.79 Å². The standard InChI is InChI=1S/C16H32N2O/c1-12(2)13(3)16(11-15(16,4)5)14(19)17-9-8-10-18(6)7/h12-13H,8-11H2,1-7H3,(H,17,19)/p+1. The molecule has 112 valence electrons. The van der Waals surface area contributed by atoms with Gasteiger partial charge in [0.1, 0.15) is 0 Å². The van der Waals surface area contributed by atoms with Gasteiger partial charge < -0.3 is 10.2 Å². The van der Waals surface area contributed by atoms with Gasteiger partial charge in [-0.15, -0.1) is 0 Å². The van der Waals surface area contributed by atoms with E-state index >= 15 is 0 Å². The third-order valence-corrected chi connectivity index (χ3v) is 5.13. The SMILES string of the molecule is CC(C)C(C)C1(C(=O)NCCC[NH+](C)C)CC1(C)C. The van der Waals surface area contributed by atoms with E-state index in [-0.39, 0.29) is 16.7 Å². The van der Waals surface area contributed by atoms with Crippen molar-refractivity contribution in [2.24, 2.45) is 22.7 Å². The number of nitrogens with one attached hydrogen (secondary N) is 2. The quantitative estimate of drug-likeness (QED) is 0.672. The maximum Gasteiger partial charge on any atom is 0.227 e. The van der Waals surface area contributed by atoms with Crippen LogP contribution in [0.25, 0.3) is 0 Å². The normalized spacial score (nSPS) is 26.6. The molecule has 0 saturated heterocycles. The summed E-state index contributed by atoms with van der Waals surface area (Å²) in [5.74, 6) is 1.29.